The fraction of sp³-hybridized carbons (Fsp3) is 0.100. The molecule has 0 aliphatic heterocycles. The Morgan fingerprint density at radius 3 is 1.38 bits per heavy atom. The minimum absolute atomic E-state index is 0.201. The van der Waals surface area contributed by atoms with Crippen LogP contribution in [-0.4, -0.2) is 24.9 Å². The molecule has 2 aromatic rings. The summed E-state index contributed by atoms with van der Waals surface area (Å²) in [5, 5.41) is 5.44. The largest absolute Gasteiger partial charge is 0.351 e. The number of rotatable bonds is 7. The van der Waals surface area contributed by atoms with Gasteiger partial charge in [0, 0.05) is 34.2 Å². The molecule has 0 atom stereocenters. The molecule has 0 radical (unpaired) electrons. The summed E-state index contributed by atoms with van der Waals surface area (Å²) in [6.45, 7) is 0.725. The zero-order valence-corrected chi connectivity index (χ0v) is 17.1. The fourth-order valence-corrected chi connectivity index (χ4v) is 2.51. The summed E-state index contributed by atoms with van der Waals surface area (Å²) in [5.74, 6) is -0.403. The molecule has 0 aliphatic carbocycles. The van der Waals surface area contributed by atoms with Crippen molar-refractivity contribution in [1.29, 1.82) is 0 Å². The van der Waals surface area contributed by atoms with Crippen LogP contribution in [0.5, 0.6) is 0 Å². The van der Waals surface area contributed by atoms with E-state index in [1.807, 2.05) is 48.5 Å². The van der Waals surface area contributed by atoms with Crippen LogP contribution in [0.15, 0.2) is 69.6 Å². The minimum Gasteiger partial charge on any atom is -0.351 e. The molecule has 6 heteroatoms. The molecular formula is C20H18Br2N2O2. The lowest BCUT2D eigenvalue weighted by Crippen LogP contribution is -2.33. The van der Waals surface area contributed by atoms with Crippen molar-refractivity contribution in [2.45, 2.75) is 0 Å². The highest BCUT2D eigenvalue weighted by Gasteiger charge is 1.98. The summed E-state index contributed by atoms with van der Waals surface area (Å²) in [5.41, 5.74) is 1.88. The fourth-order valence-electron chi connectivity index (χ4n) is 1.98. The number of amides is 2. The maximum absolute atomic E-state index is 11.7. The van der Waals surface area contributed by atoms with Gasteiger partial charge in [0.15, 0.2) is 0 Å². The van der Waals surface area contributed by atoms with E-state index in [0.717, 1.165) is 20.1 Å². The molecule has 26 heavy (non-hydrogen) atoms. The normalized spacial score (nSPS) is 11.0. The van der Waals surface area contributed by atoms with Gasteiger partial charge in [-0.15, -0.1) is 0 Å². The third-order valence-electron chi connectivity index (χ3n) is 3.32. The average Bonchev–Trinajstić information content (AvgIpc) is 2.64. The van der Waals surface area contributed by atoms with Crippen LogP contribution in [0.4, 0.5) is 0 Å². The zero-order valence-electron chi connectivity index (χ0n) is 13.9. The molecule has 2 amide bonds. The summed E-state index contributed by atoms with van der Waals surface area (Å²) >= 11 is 6.72. The summed E-state index contributed by atoms with van der Waals surface area (Å²) in [6.07, 6.45) is 6.42. The van der Waals surface area contributed by atoms with Gasteiger partial charge < -0.3 is 10.6 Å². The molecule has 4 nitrogen and oxygen atoms in total. The number of nitrogens with one attached hydrogen (secondary N) is 2. The highest BCUT2D eigenvalue weighted by molar-refractivity contribution is 9.10. The Kier molecular flexibility index (Phi) is 8.31. The van der Waals surface area contributed by atoms with Crippen molar-refractivity contribution in [2.75, 3.05) is 13.1 Å². The number of benzene rings is 2. The van der Waals surface area contributed by atoms with E-state index >= 15 is 0 Å². The summed E-state index contributed by atoms with van der Waals surface area (Å²) < 4.78 is 1.98. The first-order valence-electron chi connectivity index (χ1n) is 7.96. The highest BCUT2D eigenvalue weighted by atomic mass is 79.9. The topological polar surface area (TPSA) is 58.2 Å². The van der Waals surface area contributed by atoms with Gasteiger partial charge in [-0.05, 0) is 47.5 Å². The van der Waals surface area contributed by atoms with Crippen LogP contribution in [0.1, 0.15) is 11.1 Å². The van der Waals surface area contributed by atoms with E-state index in [1.54, 1.807) is 12.2 Å². The molecule has 0 saturated carbocycles. The first-order valence-corrected chi connectivity index (χ1v) is 9.54. The van der Waals surface area contributed by atoms with Crippen molar-refractivity contribution < 1.29 is 9.59 Å². The van der Waals surface area contributed by atoms with Crippen LogP contribution in [0.3, 0.4) is 0 Å². The summed E-state index contributed by atoms with van der Waals surface area (Å²) in [7, 11) is 0. The Morgan fingerprint density at radius 1 is 0.692 bits per heavy atom. The number of halogens is 2. The molecule has 0 saturated heterocycles. The molecule has 0 aromatic heterocycles. The molecular weight excluding hydrogens is 460 g/mol. The molecule has 0 aliphatic rings. The zero-order chi connectivity index (χ0) is 18.8. The lowest BCUT2D eigenvalue weighted by Gasteiger charge is -2.03. The number of hydrogen-bond donors (Lipinski definition) is 2. The Hall–Kier alpha value is -2.18. The van der Waals surface area contributed by atoms with Gasteiger partial charge in [0.25, 0.3) is 0 Å². The van der Waals surface area contributed by atoms with Crippen molar-refractivity contribution in [3.8, 4) is 0 Å². The maximum Gasteiger partial charge on any atom is 0.244 e. The number of carbonyl (C=O) groups is 2. The van der Waals surface area contributed by atoms with Gasteiger partial charge in [0.2, 0.25) is 11.8 Å². The summed E-state index contributed by atoms with van der Waals surface area (Å²) in [6, 6.07) is 15.3. The Bertz CT molecular complexity index is 728. The van der Waals surface area contributed by atoms with E-state index in [0.29, 0.717) is 13.1 Å². The van der Waals surface area contributed by atoms with Crippen LogP contribution >= 0.6 is 31.9 Å². The van der Waals surface area contributed by atoms with Crippen molar-refractivity contribution in [3.63, 3.8) is 0 Å². The molecule has 2 N–H and O–H groups in total. The number of carbonyl (C=O) groups excluding carboxylic acids is 2. The van der Waals surface area contributed by atoms with Crippen molar-refractivity contribution in [3.05, 3.63) is 80.8 Å². The van der Waals surface area contributed by atoms with Crippen LogP contribution in [-0.2, 0) is 9.59 Å². The maximum atomic E-state index is 11.7. The molecule has 2 rings (SSSR count). The van der Waals surface area contributed by atoms with E-state index in [-0.39, 0.29) is 11.8 Å². The predicted octanol–water partition coefficient (Wildman–Crippen LogP) is 4.17. The highest BCUT2D eigenvalue weighted by Crippen LogP contribution is 2.12. The van der Waals surface area contributed by atoms with Gasteiger partial charge in [-0.2, -0.15) is 0 Å². The third-order valence-corrected chi connectivity index (χ3v) is 4.38. The quantitative estimate of drug-likeness (QED) is 0.464. The Balaban J connectivity index is 1.66. The molecule has 0 bridgehead atoms. The Morgan fingerprint density at radius 2 is 1.04 bits per heavy atom. The van der Waals surface area contributed by atoms with Gasteiger partial charge in [-0.3, -0.25) is 9.59 Å². The lowest BCUT2D eigenvalue weighted by molar-refractivity contribution is -0.118. The second-order valence-electron chi connectivity index (χ2n) is 5.35. The average molecular weight is 478 g/mol. The van der Waals surface area contributed by atoms with Crippen LogP contribution in [0.2, 0.25) is 0 Å². The molecule has 0 spiro atoms. The lowest BCUT2D eigenvalue weighted by atomic mass is 10.2. The predicted molar refractivity (Wildman–Crippen MR) is 112 cm³/mol. The SMILES string of the molecule is O=C(C=Cc1ccc(Br)cc1)NCCNC(=O)C=Cc1ccc(Br)cc1. The van der Waals surface area contributed by atoms with E-state index in [4.69, 9.17) is 0 Å². The first-order chi connectivity index (χ1) is 12.5. The smallest absolute Gasteiger partial charge is 0.244 e. The number of hydrogen-bond acceptors (Lipinski definition) is 2. The van der Waals surface area contributed by atoms with E-state index < -0.39 is 0 Å². The van der Waals surface area contributed by atoms with Crippen molar-refractivity contribution in [1.82, 2.24) is 10.6 Å². The molecule has 2 aromatic carbocycles. The van der Waals surface area contributed by atoms with Crippen LogP contribution < -0.4 is 10.6 Å². The monoisotopic (exact) mass is 476 g/mol. The van der Waals surface area contributed by atoms with Gasteiger partial charge in [-0.25, -0.2) is 0 Å². The van der Waals surface area contributed by atoms with E-state index in [2.05, 4.69) is 42.5 Å². The molecule has 0 fully saturated rings. The molecule has 0 heterocycles. The standard InChI is InChI=1S/C20H18Br2N2O2/c21-17-7-1-15(2-8-17)5-11-19(25)23-13-14-24-20(26)12-6-16-3-9-18(22)10-4-16/h1-12H,13-14H2,(H,23,25)(H,24,26). The minimum atomic E-state index is -0.201. The molecule has 134 valence electrons. The van der Waals surface area contributed by atoms with Crippen LogP contribution in [0, 0.1) is 0 Å². The van der Waals surface area contributed by atoms with Crippen LogP contribution in [0.25, 0.3) is 12.2 Å². The van der Waals surface area contributed by atoms with Gasteiger partial charge in [0.05, 0.1) is 0 Å². The van der Waals surface area contributed by atoms with Gasteiger partial charge >= 0.3 is 0 Å². The van der Waals surface area contributed by atoms with E-state index in [9.17, 15) is 9.59 Å². The molecule has 0 unspecified atom stereocenters. The van der Waals surface area contributed by atoms with Gasteiger partial charge in [0.1, 0.15) is 0 Å². The first kappa shape index (κ1) is 20.1. The second kappa shape index (κ2) is 10.7. The van der Waals surface area contributed by atoms with E-state index in [1.165, 1.54) is 12.2 Å². The van der Waals surface area contributed by atoms with Gasteiger partial charge in [-0.1, -0.05) is 56.1 Å². The summed E-state index contributed by atoms with van der Waals surface area (Å²) in [4.78, 5) is 23.5. The third kappa shape index (κ3) is 7.80. The van der Waals surface area contributed by atoms with Crippen molar-refractivity contribution >= 4 is 55.8 Å². The van der Waals surface area contributed by atoms with Crippen molar-refractivity contribution in [2.24, 2.45) is 0 Å². The Labute approximate surface area is 169 Å². The second-order valence-corrected chi connectivity index (χ2v) is 7.18.